The lowest BCUT2D eigenvalue weighted by molar-refractivity contribution is 0.368. The van der Waals surface area contributed by atoms with Gasteiger partial charge in [-0.15, -0.1) is 11.8 Å². The quantitative estimate of drug-likeness (QED) is 0.925. The van der Waals surface area contributed by atoms with Gasteiger partial charge in [-0.05, 0) is 23.8 Å². The molecular weight excluding hydrogens is 268 g/mol. The molecule has 1 heterocycles. The summed E-state index contributed by atoms with van der Waals surface area (Å²) in [4.78, 5) is 1.35. The van der Waals surface area contributed by atoms with Crippen molar-refractivity contribution in [3.05, 3.63) is 54.1 Å². The molecule has 1 atom stereocenters. The zero-order chi connectivity index (χ0) is 13.8. The summed E-state index contributed by atoms with van der Waals surface area (Å²) >= 11 is 1.88. The van der Waals surface area contributed by atoms with E-state index in [2.05, 4.69) is 29.6 Å². The number of nitriles is 1. The van der Waals surface area contributed by atoms with E-state index in [9.17, 15) is 0 Å². The molecular formula is C16H14N2OS. The van der Waals surface area contributed by atoms with E-state index in [-0.39, 0.29) is 6.61 Å². The first-order chi connectivity index (χ1) is 9.86. The fourth-order valence-corrected chi connectivity index (χ4v) is 3.44. The summed E-state index contributed by atoms with van der Waals surface area (Å²) in [6.07, 6.45) is 0. The van der Waals surface area contributed by atoms with Gasteiger partial charge < -0.3 is 10.1 Å². The summed E-state index contributed by atoms with van der Waals surface area (Å²) in [7, 11) is 0. The molecule has 0 radical (unpaired) electrons. The molecule has 20 heavy (non-hydrogen) atoms. The van der Waals surface area contributed by atoms with Crippen molar-refractivity contribution in [3.63, 3.8) is 0 Å². The second-order valence-electron chi connectivity index (χ2n) is 4.52. The second-order valence-corrected chi connectivity index (χ2v) is 5.58. The normalized spacial score (nSPS) is 16.2. The Morgan fingerprint density at radius 3 is 3.05 bits per heavy atom. The number of anilines is 1. The fourth-order valence-electron chi connectivity index (χ4n) is 2.27. The minimum Gasteiger partial charge on any atom is -0.479 e. The fraction of sp³-hybridized carbons (Fsp3) is 0.188. The molecule has 4 heteroatoms. The van der Waals surface area contributed by atoms with E-state index >= 15 is 0 Å². The van der Waals surface area contributed by atoms with Gasteiger partial charge in [0.25, 0.3) is 0 Å². The number of hydrogen-bond donors (Lipinski definition) is 1. The second kappa shape index (κ2) is 5.89. The van der Waals surface area contributed by atoms with Crippen molar-refractivity contribution >= 4 is 17.4 Å². The Bertz CT molecular complexity index is 651. The molecule has 0 bridgehead atoms. The van der Waals surface area contributed by atoms with Crippen molar-refractivity contribution in [1.82, 2.24) is 0 Å². The van der Waals surface area contributed by atoms with Crippen LogP contribution >= 0.6 is 11.8 Å². The van der Waals surface area contributed by atoms with Gasteiger partial charge in [0.2, 0.25) is 0 Å². The first kappa shape index (κ1) is 12.9. The molecule has 2 aromatic rings. The number of fused-ring (bicyclic) bond motifs is 1. The summed E-state index contributed by atoms with van der Waals surface area (Å²) in [5, 5.41) is 12.1. The summed E-state index contributed by atoms with van der Waals surface area (Å²) < 4.78 is 5.32. The highest BCUT2D eigenvalue weighted by Crippen LogP contribution is 2.39. The van der Waals surface area contributed by atoms with Gasteiger partial charge in [0, 0.05) is 22.4 Å². The standard InChI is InChI=1S/C16H14N2OS/c17-8-9-19-13-5-3-4-12(10-13)18-15-11-20-16-7-2-1-6-14(15)16/h1-7,10,15,18H,9,11H2. The summed E-state index contributed by atoms with van der Waals surface area (Å²) in [5.74, 6) is 1.75. The molecule has 0 fully saturated rings. The Morgan fingerprint density at radius 2 is 2.15 bits per heavy atom. The van der Waals surface area contributed by atoms with Crippen LogP contribution in [0.25, 0.3) is 0 Å². The number of ether oxygens (including phenoxy) is 1. The molecule has 0 amide bonds. The number of benzene rings is 2. The van der Waals surface area contributed by atoms with E-state index in [0.29, 0.717) is 6.04 Å². The van der Waals surface area contributed by atoms with E-state index < -0.39 is 0 Å². The Morgan fingerprint density at radius 1 is 1.25 bits per heavy atom. The van der Waals surface area contributed by atoms with Gasteiger partial charge in [0.05, 0.1) is 6.04 Å². The highest BCUT2D eigenvalue weighted by atomic mass is 32.2. The van der Waals surface area contributed by atoms with Crippen molar-refractivity contribution in [2.75, 3.05) is 17.7 Å². The number of hydrogen-bond acceptors (Lipinski definition) is 4. The third-order valence-electron chi connectivity index (χ3n) is 3.18. The van der Waals surface area contributed by atoms with Crippen molar-refractivity contribution < 1.29 is 4.74 Å². The van der Waals surface area contributed by atoms with Crippen LogP contribution in [0, 0.1) is 11.3 Å². The number of nitrogens with zero attached hydrogens (tertiary/aromatic N) is 1. The van der Waals surface area contributed by atoms with Gasteiger partial charge in [-0.2, -0.15) is 5.26 Å². The van der Waals surface area contributed by atoms with E-state index in [4.69, 9.17) is 10.00 Å². The zero-order valence-electron chi connectivity index (χ0n) is 10.9. The van der Waals surface area contributed by atoms with Crippen LogP contribution in [0.1, 0.15) is 11.6 Å². The average molecular weight is 282 g/mol. The lowest BCUT2D eigenvalue weighted by atomic mass is 10.1. The van der Waals surface area contributed by atoms with Crippen molar-refractivity contribution in [3.8, 4) is 11.8 Å². The Hall–Kier alpha value is -2.12. The Balaban J connectivity index is 1.74. The minimum absolute atomic E-state index is 0.0750. The highest BCUT2D eigenvalue weighted by molar-refractivity contribution is 7.99. The maximum Gasteiger partial charge on any atom is 0.174 e. The smallest absolute Gasteiger partial charge is 0.174 e. The highest BCUT2D eigenvalue weighted by Gasteiger charge is 2.22. The summed E-state index contributed by atoms with van der Waals surface area (Å²) in [5.41, 5.74) is 2.36. The van der Waals surface area contributed by atoms with Crippen molar-refractivity contribution in [2.24, 2.45) is 0 Å². The maximum atomic E-state index is 8.54. The Labute approximate surface area is 122 Å². The zero-order valence-corrected chi connectivity index (χ0v) is 11.7. The van der Waals surface area contributed by atoms with Crippen LogP contribution in [0.5, 0.6) is 5.75 Å². The van der Waals surface area contributed by atoms with Gasteiger partial charge >= 0.3 is 0 Å². The van der Waals surface area contributed by atoms with Gasteiger partial charge in [-0.3, -0.25) is 0 Å². The average Bonchev–Trinajstić information content (AvgIpc) is 2.89. The maximum absolute atomic E-state index is 8.54. The largest absolute Gasteiger partial charge is 0.479 e. The van der Waals surface area contributed by atoms with Crippen LogP contribution in [0.2, 0.25) is 0 Å². The van der Waals surface area contributed by atoms with Crippen LogP contribution in [0.4, 0.5) is 5.69 Å². The molecule has 0 spiro atoms. The number of nitrogens with one attached hydrogen (secondary N) is 1. The van der Waals surface area contributed by atoms with Crippen LogP contribution in [-0.4, -0.2) is 12.4 Å². The first-order valence-corrected chi connectivity index (χ1v) is 7.43. The van der Waals surface area contributed by atoms with Crippen molar-refractivity contribution in [2.45, 2.75) is 10.9 Å². The van der Waals surface area contributed by atoms with E-state index in [1.54, 1.807) is 0 Å². The molecule has 2 aromatic carbocycles. The van der Waals surface area contributed by atoms with Gasteiger partial charge in [0.15, 0.2) is 6.61 Å². The molecule has 100 valence electrons. The molecule has 1 aliphatic heterocycles. The number of rotatable bonds is 4. The van der Waals surface area contributed by atoms with Crippen LogP contribution < -0.4 is 10.1 Å². The summed E-state index contributed by atoms with van der Waals surface area (Å²) in [6.45, 7) is 0.0750. The van der Waals surface area contributed by atoms with Crippen molar-refractivity contribution in [1.29, 1.82) is 5.26 Å². The predicted molar refractivity (Wildman–Crippen MR) is 81.1 cm³/mol. The molecule has 0 aliphatic carbocycles. The topological polar surface area (TPSA) is 45.0 Å². The number of thioether (sulfide) groups is 1. The third-order valence-corrected chi connectivity index (χ3v) is 4.36. The van der Waals surface area contributed by atoms with Crippen LogP contribution in [0.3, 0.4) is 0 Å². The van der Waals surface area contributed by atoms with Gasteiger partial charge in [-0.1, -0.05) is 24.3 Å². The lowest BCUT2D eigenvalue weighted by Gasteiger charge is -2.15. The van der Waals surface area contributed by atoms with Crippen LogP contribution in [-0.2, 0) is 0 Å². The molecule has 1 aliphatic rings. The molecule has 3 rings (SSSR count). The molecule has 0 saturated carbocycles. The SMILES string of the molecule is N#CCOc1cccc(NC2CSc3ccccc32)c1. The predicted octanol–water partition coefficient (Wildman–Crippen LogP) is 3.85. The van der Waals surface area contributed by atoms with E-state index in [0.717, 1.165) is 17.2 Å². The van der Waals surface area contributed by atoms with Gasteiger partial charge in [0.1, 0.15) is 11.8 Å². The summed E-state index contributed by atoms with van der Waals surface area (Å²) in [6, 6.07) is 18.5. The minimum atomic E-state index is 0.0750. The monoisotopic (exact) mass is 282 g/mol. The Kier molecular flexibility index (Phi) is 3.80. The molecule has 0 aromatic heterocycles. The van der Waals surface area contributed by atoms with Gasteiger partial charge in [-0.25, -0.2) is 0 Å². The molecule has 1 unspecified atom stereocenters. The third kappa shape index (κ3) is 2.73. The molecule has 1 N–H and O–H groups in total. The van der Waals surface area contributed by atoms with E-state index in [1.807, 2.05) is 42.1 Å². The lowest BCUT2D eigenvalue weighted by Crippen LogP contribution is -2.09. The molecule has 0 saturated heterocycles. The van der Waals surface area contributed by atoms with Crippen LogP contribution in [0.15, 0.2) is 53.4 Å². The first-order valence-electron chi connectivity index (χ1n) is 6.45. The van der Waals surface area contributed by atoms with E-state index in [1.165, 1.54) is 10.5 Å². The molecule has 3 nitrogen and oxygen atoms in total.